The summed E-state index contributed by atoms with van der Waals surface area (Å²) in [6.07, 6.45) is 1.89. The molecule has 0 aliphatic rings. The first kappa shape index (κ1) is 17.5. The number of nitrogens with zero attached hydrogens (tertiary/aromatic N) is 3. The van der Waals surface area contributed by atoms with Crippen molar-refractivity contribution in [2.24, 2.45) is 0 Å². The SMILES string of the molecule is Cc1nnc(-c2cn(CC(=O)NCc3cccc(Br)c3)c3ccccc23)o1. The molecule has 27 heavy (non-hydrogen) atoms. The lowest BCUT2D eigenvalue weighted by Crippen LogP contribution is -2.26. The number of carbonyl (C=O) groups is 1. The molecule has 2 aromatic heterocycles. The summed E-state index contributed by atoms with van der Waals surface area (Å²) >= 11 is 3.44. The summed E-state index contributed by atoms with van der Waals surface area (Å²) in [6.45, 7) is 2.44. The van der Waals surface area contributed by atoms with Crippen molar-refractivity contribution in [1.29, 1.82) is 0 Å². The Balaban J connectivity index is 1.56. The second-order valence-corrected chi connectivity index (χ2v) is 7.14. The summed E-state index contributed by atoms with van der Waals surface area (Å²) in [5.41, 5.74) is 2.81. The number of nitrogens with one attached hydrogen (secondary N) is 1. The van der Waals surface area contributed by atoms with Gasteiger partial charge in [0.25, 0.3) is 0 Å². The zero-order valence-corrected chi connectivity index (χ0v) is 16.2. The van der Waals surface area contributed by atoms with E-state index in [1.54, 1.807) is 6.92 Å². The van der Waals surface area contributed by atoms with Crippen molar-refractivity contribution in [2.75, 3.05) is 0 Å². The van der Waals surface area contributed by atoms with Gasteiger partial charge in [-0.3, -0.25) is 4.79 Å². The van der Waals surface area contributed by atoms with Crippen molar-refractivity contribution in [2.45, 2.75) is 20.0 Å². The fourth-order valence-electron chi connectivity index (χ4n) is 3.01. The molecule has 0 radical (unpaired) electrons. The third-order valence-corrected chi connectivity index (χ3v) is 4.73. The Morgan fingerprint density at radius 2 is 2.04 bits per heavy atom. The number of benzene rings is 2. The molecule has 4 rings (SSSR count). The Bertz CT molecular complexity index is 1120. The molecule has 6 nitrogen and oxygen atoms in total. The maximum Gasteiger partial charge on any atom is 0.249 e. The largest absolute Gasteiger partial charge is 0.421 e. The number of rotatable bonds is 5. The van der Waals surface area contributed by atoms with Crippen LogP contribution in [0.3, 0.4) is 0 Å². The number of halogens is 1. The molecule has 0 saturated heterocycles. The molecule has 7 heteroatoms. The van der Waals surface area contributed by atoms with E-state index in [0.29, 0.717) is 18.3 Å². The maximum atomic E-state index is 12.5. The predicted octanol–water partition coefficient (Wildman–Crippen LogP) is 4.08. The first-order valence-electron chi connectivity index (χ1n) is 8.49. The van der Waals surface area contributed by atoms with Gasteiger partial charge in [0.2, 0.25) is 17.7 Å². The number of amides is 1. The summed E-state index contributed by atoms with van der Waals surface area (Å²) in [4.78, 5) is 12.5. The van der Waals surface area contributed by atoms with Crippen LogP contribution in [-0.4, -0.2) is 20.7 Å². The molecule has 4 aromatic rings. The molecule has 0 spiro atoms. The predicted molar refractivity (Wildman–Crippen MR) is 106 cm³/mol. The molecular weight excluding hydrogens is 408 g/mol. The van der Waals surface area contributed by atoms with E-state index in [2.05, 4.69) is 31.4 Å². The summed E-state index contributed by atoms with van der Waals surface area (Å²) in [7, 11) is 0. The molecule has 0 bridgehead atoms. The van der Waals surface area contributed by atoms with Crippen LogP contribution in [0.1, 0.15) is 11.5 Å². The first-order chi connectivity index (χ1) is 13.1. The normalized spacial score (nSPS) is 11.0. The van der Waals surface area contributed by atoms with Crippen molar-refractivity contribution in [3.05, 3.63) is 70.7 Å². The van der Waals surface area contributed by atoms with Crippen molar-refractivity contribution >= 4 is 32.7 Å². The highest BCUT2D eigenvalue weighted by Gasteiger charge is 2.16. The summed E-state index contributed by atoms with van der Waals surface area (Å²) in [6, 6.07) is 15.7. The van der Waals surface area contributed by atoms with E-state index in [0.717, 1.165) is 26.5 Å². The van der Waals surface area contributed by atoms with E-state index in [1.807, 2.05) is 59.3 Å². The smallest absolute Gasteiger partial charge is 0.249 e. The van der Waals surface area contributed by atoms with Crippen LogP contribution in [0.15, 0.2) is 63.6 Å². The standard InChI is InChI=1S/C20H17BrN4O2/c1-13-23-24-20(27-13)17-11-25(18-8-3-2-7-16(17)18)12-19(26)22-10-14-5-4-6-15(21)9-14/h2-9,11H,10,12H2,1H3,(H,22,26). The van der Waals surface area contributed by atoms with Gasteiger partial charge in [0, 0.05) is 35.0 Å². The van der Waals surface area contributed by atoms with Gasteiger partial charge in [-0.1, -0.05) is 46.3 Å². The van der Waals surface area contributed by atoms with Crippen LogP contribution in [0.4, 0.5) is 0 Å². The lowest BCUT2D eigenvalue weighted by atomic mass is 10.2. The van der Waals surface area contributed by atoms with Crippen molar-refractivity contribution in [3.63, 3.8) is 0 Å². The van der Waals surface area contributed by atoms with Gasteiger partial charge < -0.3 is 14.3 Å². The minimum atomic E-state index is -0.0658. The third-order valence-electron chi connectivity index (χ3n) is 4.24. The van der Waals surface area contributed by atoms with Crippen LogP contribution in [0.5, 0.6) is 0 Å². The number of carbonyl (C=O) groups excluding carboxylic acids is 1. The quantitative estimate of drug-likeness (QED) is 0.523. The summed E-state index contributed by atoms with van der Waals surface area (Å²) in [5.74, 6) is 0.898. The number of hydrogen-bond acceptors (Lipinski definition) is 4. The molecule has 2 heterocycles. The van der Waals surface area contributed by atoms with Gasteiger partial charge in [0.15, 0.2) is 0 Å². The molecule has 0 aliphatic carbocycles. The van der Waals surface area contributed by atoms with Crippen molar-refractivity contribution in [1.82, 2.24) is 20.1 Å². The van der Waals surface area contributed by atoms with Crippen LogP contribution in [0.25, 0.3) is 22.4 Å². The zero-order valence-electron chi connectivity index (χ0n) is 14.6. The number of hydrogen-bond donors (Lipinski definition) is 1. The second-order valence-electron chi connectivity index (χ2n) is 6.22. The van der Waals surface area contributed by atoms with E-state index in [4.69, 9.17) is 4.42 Å². The molecule has 0 unspecified atom stereocenters. The molecule has 1 amide bonds. The minimum absolute atomic E-state index is 0.0658. The van der Waals surface area contributed by atoms with Gasteiger partial charge in [-0.2, -0.15) is 0 Å². The van der Waals surface area contributed by atoms with Gasteiger partial charge in [0.05, 0.1) is 5.56 Å². The molecular formula is C20H17BrN4O2. The van der Waals surface area contributed by atoms with Crippen LogP contribution < -0.4 is 5.32 Å². The van der Waals surface area contributed by atoms with Gasteiger partial charge in [-0.15, -0.1) is 10.2 Å². The number of aromatic nitrogens is 3. The van der Waals surface area contributed by atoms with E-state index in [-0.39, 0.29) is 12.5 Å². The topological polar surface area (TPSA) is 73.0 Å². The third kappa shape index (κ3) is 3.78. The Kier molecular flexibility index (Phi) is 4.77. The minimum Gasteiger partial charge on any atom is -0.421 e. The molecule has 1 N–H and O–H groups in total. The Morgan fingerprint density at radius 3 is 2.81 bits per heavy atom. The lowest BCUT2D eigenvalue weighted by Gasteiger charge is -2.08. The molecule has 136 valence electrons. The second kappa shape index (κ2) is 7.36. The van der Waals surface area contributed by atoms with Gasteiger partial charge in [0.1, 0.15) is 6.54 Å². The fraction of sp³-hybridized carbons (Fsp3) is 0.150. The van der Waals surface area contributed by atoms with E-state index >= 15 is 0 Å². The highest BCUT2D eigenvalue weighted by atomic mass is 79.9. The number of fused-ring (bicyclic) bond motifs is 1. The average molecular weight is 425 g/mol. The van der Waals surface area contributed by atoms with Gasteiger partial charge in [-0.25, -0.2) is 0 Å². The number of aryl methyl sites for hydroxylation is 1. The van der Waals surface area contributed by atoms with E-state index in [9.17, 15) is 4.79 Å². The molecule has 0 atom stereocenters. The van der Waals surface area contributed by atoms with Gasteiger partial charge >= 0.3 is 0 Å². The first-order valence-corrected chi connectivity index (χ1v) is 9.29. The molecule has 0 saturated carbocycles. The molecule has 0 fully saturated rings. The zero-order chi connectivity index (χ0) is 18.8. The summed E-state index contributed by atoms with van der Waals surface area (Å²) < 4.78 is 8.47. The van der Waals surface area contributed by atoms with Crippen molar-refractivity contribution < 1.29 is 9.21 Å². The highest BCUT2D eigenvalue weighted by Crippen LogP contribution is 2.29. The fourth-order valence-corrected chi connectivity index (χ4v) is 3.46. The van der Waals surface area contributed by atoms with Gasteiger partial charge in [-0.05, 0) is 23.8 Å². The average Bonchev–Trinajstić information content (AvgIpc) is 3.24. The highest BCUT2D eigenvalue weighted by molar-refractivity contribution is 9.10. The molecule has 0 aliphatic heterocycles. The van der Waals surface area contributed by atoms with Crippen LogP contribution in [-0.2, 0) is 17.9 Å². The van der Waals surface area contributed by atoms with Crippen molar-refractivity contribution in [3.8, 4) is 11.5 Å². The Morgan fingerprint density at radius 1 is 1.19 bits per heavy atom. The molecule has 2 aromatic carbocycles. The van der Waals surface area contributed by atoms with Crippen LogP contribution in [0, 0.1) is 6.92 Å². The Labute approximate surface area is 164 Å². The van der Waals surface area contributed by atoms with E-state index < -0.39 is 0 Å². The van der Waals surface area contributed by atoms with E-state index in [1.165, 1.54) is 0 Å². The lowest BCUT2D eigenvalue weighted by molar-refractivity contribution is -0.121. The Hall–Kier alpha value is -2.93. The monoisotopic (exact) mass is 424 g/mol. The van der Waals surface area contributed by atoms with Crippen LogP contribution >= 0.6 is 15.9 Å². The number of para-hydroxylation sites is 1. The summed E-state index contributed by atoms with van der Waals surface area (Å²) in [5, 5.41) is 11.9. The van der Waals surface area contributed by atoms with Crippen LogP contribution in [0.2, 0.25) is 0 Å². The maximum absolute atomic E-state index is 12.5.